The van der Waals surface area contributed by atoms with Gasteiger partial charge in [-0.15, -0.1) is 0 Å². The average molecular weight is 351 g/mol. The zero-order valence-electron chi connectivity index (χ0n) is 14.4. The molecule has 1 rings (SSSR count). The molecule has 0 aliphatic heterocycles. The third-order valence-corrected chi connectivity index (χ3v) is 3.58. The van der Waals surface area contributed by atoms with Crippen molar-refractivity contribution in [1.82, 2.24) is 16.1 Å². The lowest BCUT2D eigenvalue weighted by molar-refractivity contribution is -0.143. The molecule has 1 aromatic carbocycles. The summed E-state index contributed by atoms with van der Waals surface area (Å²) in [4.78, 5) is 36.0. The molecule has 1 aromatic rings. The quantitative estimate of drug-likeness (QED) is 0.242. The smallest absolute Gasteiger partial charge is 0.255 e. The lowest BCUT2D eigenvalue weighted by atomic mass is 9.95. The fraction of sp³-hybridized carbons (Fsp3) is 0.471. The molecular formula is C17H25N3O5. The number of aliphatic hydroxyl groups excluding tert-OH is 1. The van der Waals surface area contributed by atoms with E-state index in [1.807, 2.05) is 44.2 Å². The Hall–Kier alpha value is -2.45. The van der Waals surface area contributed by atoms with E-state index in [9.17, 15) is 19.5 Å². The van der Waals surface area contributed by atoms with Gasteiger partial charge in [0.25, 0.3) is 5.91 Å². The van der Waals surface area contributed by atoms with Gasteiger partial charge in [0.05, 0.1) is 6.61 Å². The van der Waals surface area contributed by atoms with E-state index >= 15 is 0 Å². The first-order valence-electron chi connectivity index (χ1n) is 8.05. The number of hydrogen-bond acceptors (Lipinski definition) is 5. The Labute approximate surface area is 146 Å². The van der Waals surface area contributed by atoms with Crippen molar-refractivity contribution in [2.45, 2.75) is 32.9 Å². The number of carbonyl (C=O) groups excluding carboxylic acids is 3. The van der Waals surface area contributed by atoms with Gasteiger partial charge in [-0.05, 0) is 17.9 Å². The molecule has 25 heavy (non-hydrogen) atoms. The highest BCUT2D eigenvalue weighted by atomic mass is 16.5. The number of hydrogen-bond donors (Lipinski definition) is 5. The van der Waals surface area contributed by atoms with Crippen LogP contribution in [0.4, 0.5) is 0 Å². The van der Waals surface area contributed by atoms with Crippen LogP contribution in [0, 0.1) is 11.8 Å². The van der Waals surface area contributed by atoms with E-state index in [1.54, 1.807) is 0 Å². The molecule has 0 aromatic heterocycles. The highest BCUT2D eigenvalue weighted by Crippen LogP contribution is 2.12. The molecule has 0 bridgehead atoms. The summed E-state index contributed by atoms with van der Waals surface area (Å²) in [6.45, 7) is 3.28. The lowest BCUT2D eigenvalue weighted by Crippen LogP contribution is -2.52. The van der Waals surface area contributed by atoms with Gasteiger partial charge in [0.2, 0.25) is 11.8 Å². The van der Waals surface area contributed by atoms with Crippen molar-refractivity contribution in [3.8, 4) is 0 Å². The molecule has 8 heteroatoms. The van der Waals surface area contributed by atoms with E-state index in [0.717, 1.165) is 5.56 Å². The van der Waals surface area contributed by atoms with E-state index < -0.39 is 36.3 Å². The summed E-state index contributed by atoms with van der Waals surface area (Å²) in [5.41, 5.74) is 2.33. The molecule has 0 saturated heterocycles. The molecule has 0 aliphatic carbocycles. The predicted molar refractivity (Wildman–Crippen MR) is 90.2 cm³/mol. The van der Waals surface area contributed by atoms with Gasteiger partial charge in [-0.25, -0.2) is 5.48 Å². The number of aliphatic hydroxyl groups is 1. The predicted octanol–water partition coefficient (Wildman–Crippen LogP) is -0.0524. The van der Waals surface area contributed by atoms with Crippen LogP contribution >= 0.6 is 0 Å². The van der Waals surface area contributed by atoms with Crippen LogP contribution in [0.3, 0.4) is 0 Å². The zero-order valence-corrected chi connectivity index (χ0v) is 14.4. The Morgan fingerprint density at radius 3 is 2.20 bits per heavy atom. The minimum Gasteiger partial charge on any atom is -0.394 e. The van der Waals surface area contributed by atoms with Crippen molar-refractivity contribution >= 4 is 17.7 Å². The molecule has 0 radical (unpaired) electrons. The number of benzene rings is 1. The summed E-state index contributed by atoms with van der Waals surface area (Å²) in [7, 11) is 0. The first-order valence-corrected chi connectivity index (χ1v) is 8.05. The Kier molecular flexibility index (Phi) is 8.59. The van der Waals surface area contributed by atoms with Crippen LogP contribution in [0.5, 0.6) is 0 Å². The van der Waals surface area contributed by atoms with Gasteiger partial charge in [0, 0.05) is 6.54 Å². The van der Waals surface area contributed by atoms with Crippen LogP contribution in [-0.4, -0.2) is 40.7 Å². The molecule has 0 saturated carbocycles. The van der Waals surface area contributed by atoms with Gasteiger partial charge in [0.1, 0.15) is 12.0 Å². The van der Waals surface area contributed by atoms with Gasteiger partial charge in [-0.2, -0.15) is 0 Å². The molecule has 138 valence electrons. The fourth-order valence-corrected chi connectivity index (χ4v) is 2.26. The average Bonchev–Trinajstić information content (AvgIpc) is 2.61. The van der Waals surface area contributed by atoms with Crippen molar-refractivity contribution in [2.24, 2.45) is 11.8 Å². The van der Waals surface area contributed by atoms with Crippen LogP contribution in [0.25, 0.3) is 0 Å². The molecular weight excluding hydrogens is 326 g/mol. The normalized spacial score (nSPS) is 13.0. The topological polar surface area (TPSA) is 128 Å². The number of carbonyl (C=O) groups is 3. The second-order valence-electron chi connectivity index (χ2n) is 6.11. The lowest BCUT2D eigenvalue weighted by Gasteiger charge is -2.21. The maximum atomic E-state index is 12.3. The summed E-state index contributed by atoms with van der Waals surface area (Å²) >= 11 is 0. The van der Waals surface area contributed by atoms with E-state index in [1.165, 1.54) is 5.48 Å². The van der Waals surface area contributed by atoms with E-state index in [2.05, 4.69) is 10.6 Å². The molecule has 0 unspecified atom stereocenters. The van der Waals surface area contributed by atoms with Gasteiger partial charge >= 0.3 is 0 Å². The molecule has 0 heterocycles. The van der Waals surface area contributed by atoms with E-state index in [0.29, 0.717) is 0 Å². The van der Waals surface area contributed by atoms with Crippen LogP contribution in [-0.2, 0) is 20.9 Å². The maximum absolute atomic E-state index is 12.3. The SMILES string of the molecule is CC(C)C[C@H](C(=O)NO)C(=O)N[C@@H](CO)C(=O)NCc1ccccc1. The maximum Gasteiger partial charge on any atom is 0.255 e. The number of amides is 3. The summed E-state index contributed by atoms with van der Waals surface area (Å²) < 4.78 is 0. The summed E-state index contributed by atoms with van der Waals surface area (Å²) in [6, 6.07) is 7.99. The van der Waals surface area contributed by atoms with Crippen LogP contribution in [0.15, 0.2) is 30.3 Å². The van der Waals surface area contributed by atoms with Gasteiger partial charge in [-0.3, -0.25) is 19.6 Å². The molecule has 0 fully saturated rings. The summed E-state index contributed by atoms with van der Waals surface area (Å²) in [5, 5.41) is 23.1. The molecule has 3 amide bonds. The molecule has 2 atom stereocenters. The third-order valence-electron chi connectivity index (χ3n) is 3.58. The standard InChI is InChI=1S/C17H25N3O5/c1-11(2)8-13(16(23)20-25)15(22)19-14(10-21)17(24)18-9-12-6-4-3-5-7-12/h3-7,11,13-14,21,25H,8-10H2,1-2H3,(H,18,24)(H,19,22)(H,20,23)/t13-,14-/m0/s1. The Bertz CT molecular complexity index is 577. The first-order chi connectivity index (χ1) is 11.9. The highest BCUT2D eigenvalue weighted by Gasteiger charge is 2.30. The van der Waals surface area contributed by atoms with Crippen molar-refractivity contribution in [1.29, 1.82) is 0 Å². The van der Waals surface area contributed by atoms with Crippen molar-refractivity contribution in [3.63, 3.8) is 0 Å². The summed E-state index contributed by atoms with van der Waals surface area (Å²) in [6.07, 6.45) is 0.196. The second kappa shape index (κ2) is 10.4. The van der Waals surface area contributed by atoms with E-state index in [4.69, 9.17) is 5.21 Å². The Morgan fingerprint density at radius 2 is 1.68 bits per heavy atom. The third kappa shape index (κ3) is 6.90. The minimum absolute atomic E-state index is 0.0209. The first kappa shape index (κ1) is 20.6. The number of nitrogens with one attached hydrogen (secondary N) is 3. The zero-order chi connectivity index (χ0) is 18.8. The fourth-order valence-electron chi connectivity index (χ4n) is 2.26. The van der Waals surface area contributed by atoms with Crippen LogP contribution in [0.2, 0.25) is 0 Å². The largest absolute Gasteiger partial charge is 0.394 e. The monoisotopic (exact) mass is 351 g/mol. The van der Waals surface area contributed by atoms with E-state index in [-0.39, 0.29) is 18.9 Å². The van der Waals surface area contributed by atoms with Gasteiger partial charge in [0.15, 0.2) is 0 Å². The van der Waals surface area contributed by atoms with Crippen molar-refractivity contribution in [3.05, 3.63) is 35.9 Å². The molecule has 8 nitrogen and oxygen atoms in total. The van der Waals surface area contributed by atoms with Crippen molar-refractivity contribution in [2.75, 3.05) is 6.61 Å². The van der Waals surface area contributed by atoms with Crippen molar-refractivity contribution < 1.29 is 24.7 Å². The number of hydroxylamine groups is 1. The molecule has 0 spiro atoms. The van der Waals surface area contributed by atoms with Crippen LogP contribution < -0.4 is 16.1 Å². The number of rotatable bonds is 9. The molecule has 5 N–H and O–H groups in total. The van der Waals surface area contributed by atoms with Crippen LogP contribution in [0.1, 0.15) is 25.8 Å². The summed E-state index contributed by atoms with van der Waals surface area (Å²) in [5.74, 6) is -3.28. The Balaban J connectivity index is 2.66. The van der Waals surface area contributed by atoms with Gasteiger partial charge in [-0.1, -0.05) is 44.2 Å². The molecule has 0 aliphatic rings. The minimum atomic E-state index is -1.18. The van der Waals surface area contributed by atoms with Gasteiger partial charge < -0.3 is 15.7 Å². The Morgan fingerprint density at radius 1 is 1.04 bits per heavy atom. The highest BCUT2D eigenvalue weighted by molar-refractivity contribution is 6.01. The second-order valence-corrected chi connectivity index (χ2v) is 6.11.